The lowest BCUT2D eigenvalue weighted by Crippen LogP contribution is -2.33. The van der Waals surface area contributed by atoms with Crippen LogP contribution in [0.3, 0.4) is 0 Å². The number of ether oxygens (including phenoxy) is 1. The van der Waals surface area contributed by atoms with Crippen LogP contribution in [-0.4, -0.2) is 10.7 Å². The van der Waals surface area contributed by atoms with E-state index in [1.165, 1.54) is 6.07 Å². The maximum Gasteiger partial charge on any atom is 0.416 e. The zero-order chi connectivity index (χ0) is 19.3. The summed E-state index contributed by atoms with van der Waals surface area (Å²) in [5.74, 6) is 0.689. The molecule has 0 N–H and O–H groups in total. The van der Waals surface area contributed by atoms with Gasteiger partial charge in [0.05, 0.1) is 22.2 Å². The van der Waals surface area contributed by atoms with Gasteiger partial charge in [0.1, 0.15) is 5.75 Å². The van der Waals surface area contributed by atoms with Gasteiger partial charge in [0.15, 0.2) is 0 Å². The Morgan fingerprint density at radius 3 is 2.68 bits per heavy atom. The summed E-state index contributed by atoms with van der Waals surface area (Å²) in [5.41, 5.74) is 1.68. The smallest absolute Gasteiger partial charge is 0.416 e. The van der Waals surface area contributed by atoms with Crippen molar-refractivity contribution < 1.29 is 17.9 Å². The molecule has 2 aliphatic heterocycles. The molecule has 3 nitrogen and oxygen atoms in total. The number of para-hydroxylation sites is 1. The fraction of sp³-hybridized carbons (Fsp3) is 0.190. The maximum absolute atomic E-state index is 13.2. The molecule has 0 aliphatic carbocycles. The first-order valence-corrected chi connectivity index (χ1v) is 9.71. The third-order valence-electron chi connectivity index (χ3n) is 5.00. The Hall–Kier alpha value is -2.80. The standard InChI is InChI=1S/C21H15F3N2OS/c22-21(23,24)14-6-3-5-13(11-14)20-26-17(15-7-1-2-8-18(15)27-20)12-16(25-26)19-9-4-10-28-19/h1-11,17,20H,12H2/t17-,20-/m0/s1. The molecule has 0 unspecified atom stereocenters. The van der Waals surface area contributed by atoms with Crippen molar-refractivity contribution >= 4 is 17.0 Å². The Kier molecular flexibility index (Phi) is 3.94. The number of alkyl halides is 3. The molecule has 28 heavy (non-hydrogen) atoms. The van der Waals surface area contributed by atoms with Gasteiger partial charge in [-0.2, -0.15) is 18.3 Å². The highest BCUT2D eigenvalue weighted by Gasteiger charge is 2.41. The predicted octanol–water partition coefficient (Wildman–Crippen LogP) is 6.01. The first kappa shape index (κ1) is 17.3. The van der Waals surface area contributed by atoms with Crippen molar-refractivity contribution in [1.29, 1.82) is 0 Å². The molecule has 0 radical (unpaired) electrons. The van der Waals surface area contributed by atoms with Crippen LogP contribution in [0.4, 0.5) is 13.2 Å². The number of hydrazone groups is 1. The summed E-state index contributed by atoms with van der Waals surface area (Å²) in [5, 5.41) is 8.54. The van der Waals surface area contributed by atoms with E-state index in [2.05, 4.69) is 0 Å². The Bertz CT molecular complexity index is 1050. The van der Waals surface area contributed by atoms with Gasteiger partial charge < -0.3 is 4.74 Å². The normalized spacial score (nSPS) is 21.0. The molecule has 142 valence electrons. The fourth-order valence-electron chi connectivity index (χ4n) is 3.71. The third-order valence-corrected chi connectivity index (χ3v) is 5.92. The number of hydrogen-bond acceptors (Lipinski definition) is 4. The van der Waals surface area contributed by atoms with Gasteiger partial charge in [0.25, 0.3) is 0 Å². The van der Waals surface area contributed by atoms with Crippen LogP contribution in [0.15, 0.2) is 71.1 Å². The number of fused-ring (bicyclic) bond motifs is 3. The summed E-state index contributed by atoms with van der Waals surface area (Å²) >= 11 is 1.60. The molecule has 0 saturated heterocycles. The SMILES string of the molecule is FC(F)(F)c1cccc([C@@H]2Oc3ccccc3[C@@H]3CC(c4cccs4)=NN32)c1. The van der Waals surface area contributed by atoms with Gasteiger partial charge in [-0.3, -0.25) is 0 Å². The van der Waals surface area contributed by atoms with Crippen LogP contribution in [-0.2, 0) is 6.18 Å². The quantitative estimate of drug-likeness (QED) is 0.526. The van der Waals surface area contributed by atoms with E-state index in [-0.39, 0.29) is 6.04 Å². The first-order chi connectivity index (χ1) is 13.5. The molecule has 2 aliphatic rings. The van der Waals surface area contributed by atoms with E-state index in [1.807, 2.05) is 41.8 Å². The van der Waals surface area contributed by atoms with Crippen molar-refractivity contribution in [2.75, 3.05) is 0 Å². The number of rotatable bonds is 2. The number of halogens is 3. The van der Waals surface area contributed by atoms with E-state index >= 15 is 0 Å². The lowest BCUT2D eigenvalue weighted by molar-refractivity contribution is -0.137. The summed E-state index contributed by atoms with van der Waals surface area (Å²) in [6.45, 7) is 0. The summed E-state index contributed by atoms with van der Waals surface area (Å²) in [6.07, 6.45) is -4.42. The molecule has 0 saturated carbocycles. The average Bonchev–Trinajstić information content (AvgIpc) is 3.36. The molecule has 3 heterocycles. The third kappa shape index (κ3) is 2.86. The molecule has 0 bridgehead atoms. The van der Waals surface area contributed by atoms with Crippen LogP contribution in [0.1, 0.15) is 40.3 Å². The molecule has 5 rings (SSSR count). The number of thiophene rings is 1. The zero-order valence-electron chi connectivity index (χ0n) is 14.6. The van der Waals surface area contributed by atoms with Crippen molar-refractivity contribution in [3.05, 3.63) is 87.6 Å². The minimum atomic E-state index is -4.40. The van der Waals surface area contributed by atoms with Gasteiger partial charge in [-0.05, 0) is 29.6 Å². The zero-order valence-corrected chi connectivity index (χ0v) is 15.4. The number of hydrogen-bond donors (Lipinski definition) is 0. The molecule has 0 amide bonds. The molecule has 7 heteroatoms. The van der Waals surface area contributed by atoms with Gasteiger partial charge in [0.2, 0.25) is 6.23 Å². The Morgan fingerprint density at radius 2 is 1.89 bits per heavy atom. The van der Waals surface area contributed by atoms with Crippen LogP contribution >= 0.6 is 11.3 Å². The van der Waals surface area contributed by atoms with Crippen LogP contribution in [0.25, 0.3) is 0 Å². The molecular weight excluding hydrogens is 385 g/mol. The summed E-state index contributed by atoms with van der Waals surface area (Å²) < 4.78 is 45.7. The van der Waals surface area contributed by atoms with Gasteiger partial charge in [0, 0.05) is 17.5 Å². The Labute approximate surface area is 163 Å². The van der Waals surface area contributed by atoms with Crippen LogP contribution in [0, 0.1) is 0 Å². The van der Waals surface area contributed by atoms with Crippen LogP contribution < -0.4 is 4.74 Å². The van der Waals surface area contributed by atoms with Crippen LogP contribution in [0.5, 0.6) is 5.75 Å². The van der Waals surface area contributed by atoms with Gasteiger partial charge in [-0.15, -0.1) is 11.3 Å². The van der Waals surface area contributed by atoms with E-state index < -0.39 is 18.0 Å². The predicted molar refractivity (Wildman–Crippen MR) is 101 cm³/mol. The van der Waals surface area contributed by atoms with E-state index in [9.17, 15) is 13.2 Å². The van der Waals surface area contributed by atoms with Gasteiger partial charge in [-0.1, -0.05) is 36.4 Å². The van der Waals surface area contributed by atoms with Crippen molar-refractivity contribution in [1.82, 2.24) is 5.01 Å². The Balaban J connectivity index is 1.60. The lowest BCUT2D eigenvalue weighted by Gasteiger charge is -2.38. The second-order valence-corrected chi connectivity index (χ2v) is 7.70. The molecule has 1 aromatic heterocycles. The topological polar surface area (TPSA) is 24.8 Å². The Morgan fingerprint density at radius 1 is 1.04 bits per heavy atom. The maximum atomic E-state index is 13.2. The van der Waals surface area contributed by atoms with Crippen molar-refractivity contribution in [2.24, 2.45) is 5.10 Å². The monoisotopic (exact) mass is 400 g/mol. The molecular formula is C21H15F3N2OS. The lowest BCUT2D eigenvalue weighted by atomic mass is 9.97. The number of benzene rings is 2. The highest BCUT2D eigenvalue weighted by molar-refractivity contribution is 7.12. The highest BCUT2D eigenvalue weighted by atomic mass is 32.1. The van der Waals surface area contributed by atoms with Crippen molar-refractivity contribution in [2.45, 2.75) is 24.9 Å². The molecule has 0 fully saturated rings. The van der Waals surface area contributed by atoms with E-state index in [4.69, 9.17) is 9.84 Å². The highest BCUT2D eigenvalue weighted by Crippen LogP contribution is 2.48. The fourth-order valence-corrected chi connectivity index (χ4v) is 4.44. The van der Waals surface area contributed by atoms with E-state index in [0.29, 0.717) is 17.7 Å². The van der Waals surface area contributed by atoms with Crippen LogP contribution in [0.2, 0.25) is 0 Å². The minimum Gasteiger partial charge on any atom is -0.464 e. The summed E-state index contributed by atoms with van der Waals surface area (Å²) in [7, 11) is 0. The average molecular weight is 400 g/mol. The summed E-state index contributed by atoms with van der Waals surface area (Å²) in [4.78, 5) is 1.06. The van der Waals surface area contributed by atoms with Gasteiger partial charge >= 0.3 is 6.18 Å². The van der Waals surface area contributed by atoms with Crippen molar-refractivity contribution in [3.8, 4) is 5.75 Å². The molecule has 0 spiro atoms. The molecule has 3 aromatic rings. The molecule has 2 aromatic carbocycles. The minimum absolute atomic E-state index is 0.0680. The van der Waals surface area contributed by atoms with E-state index in [0.717, 1.165) is 28.3 Å². The van der Waals surface area contributed by atoms with Gasteiger partial charge in [-0.25, -0.2) is 5.01 Å². The van der Waals surface area contributed by atoms with Crippen molar-refractivity contribution in [3.63, 3.8) is 0 Å². The molecule has 2 atom stereocenters. The van der Waals surface area contributed by atoms with E-state index in [1.54, 1.807) is 22.4 Å². The second kappa shape index (κ2) is 6.38. The summed E-state index contributed by atoms with van der Waals surface area (Å²) in [6, 6.07) is 16.8. The largest absolute Gasteiger partial charge is 0.464 e. The second-order valence-electron chi connectivity index (χ2n) is 6.76. The number of nitrogens with zero attached hydrogens (tertiary/aromatic N) is 2. The first-order valence-electron chi connectivity index (χ1n) is 8.83.